The molecule has 0 radical (unpaired) electrons. The van der Waals surface area contributed by atoms with Crippen molar-refractivity contribution in [3.63, 3.8) is 0 Å². The molecule has 3 aromatic rings. The first-order chi connectivity index (χ1) is 15.6. The van der Waals surface area contributed by atoms with Crippen molar-refractivity contribution in [2.75, 3.05) is 6.61 Å². The van der Waals surface area contributed by atoms with Crippen LogP contribution in [-0.4, -0.2) is 34.0 Å². The number of hydrogen-bond donors (Lipinski definition) is 1. The lowest BCUT2D eigenvalue weighted by Crippen LogP contribution is -2.20. The minimum absolute atomic E-state index is 0.0455. The molecule has 0 amide bonds. The van der Waals surface area contributed by atoms with Gasteiger partial charge in [0.15, 0.2) is 12.4 Å². The molecular formula is C23H23F3N4O3. The molecule has 0 fully saturated rings. The van der Waals surface area contributed by atoms with Crippen LogP contribution in [0.1, 0.15) is 32.9 Å². The number of benzene rings is 1. The minimum atomic E-state index is -4.39. The Kier molecular flexibility index (Phi) is 7.37. The maximum atomic E-state index is 12.7. The van der Waals surface area contributed by atoms with E-state index in [1.165, 1.54) is 19.9 Å². The van der Waals surface area contributed by atoms with Gasteiger partial charge in [0, 0.05) is 40.5 Å². The summed E-state index contributed by atoms with van der Waals surface area (Å²) in [6.07, 6.45) is -0.989. The molecule has 7 nitrogen and oxygen atoms in total. The molecule has 3 rings (SSSR count). The van der Waals surface area contributed by atoms with Crippen molar-refractivity contribution < 1.29 is 27.5 Å². The van der Waals surface area contributed by atoms with Gasteiger partial charge >= 0.3 is 6.18 Å². The molecule has 0 atom stereocenters. The van der Waals surface area contributed by atoms with E-state index in [0.29, 0.717) is 23.6 Å². The number of carbonyl (C=O) groups is 1. The minimum Gasteiger partial charge on any atom is -0.489 e. The summed E-state index contributed by atoms with van der Waals surface area (Å²) in [5.41, 5.74) is 8.09. The third kappa shape index (κ3) is 6.58. The summed E-state index contributed by atoms with van der Waals surface area (Å²) in [6, 6.07) is 11.9. The lowest BCUT2D eigenvalue weighted by atomic mass is 10.1. The van der Waals surface area contributed by atoms with Crippen LogP contribution in [0.15, 0.2) is 60.0 Å². The highest BCUT2D eigenvalue weighted by Crippen LogP contribution is 2.23. The first-order valence-electron chi connectivity index (χ1n) is 9.98. The third-order valence-electron chi connectivity index (χ3n) is 4.85. The number of aromatic nitrogens is 2. The Morgan fingerprint density at radius 1 is 1.18 bits per heavy atom. The summed E-state index contributed by atoms with van der Waals surface area (Å²) in [4.78, 5) is 21.5. The molecule has 0 saturated heterocycles. The Bertz CT molecular complexity index is 1120. The maximum Gasteiger partial charge on any atom is 0.406 e. The van der Waals surface area contributed by atoms with Gasteiger partial charge in [-0.15, -0.1) is 0 Å². The molecule has 0 aliphatic heterocycles. The fraction of sp³-hybridized carbons (Fsp3) is 0.261. The fourth-order valence-corrected chi connectivity index (χ4v) is 3.17. The van der Waals surface area contributed by atoms with Crippen LogP contribution >= 0.6 is 0 Å². The smallest absolute Gasteiger partial charge is 0.406 e. The van der Waals surface area contributed by atoms with Crippen LogP contribution in [0.3, 0.4) is 0 Å². The molecule has 1 aromatic carbocycles. The van der Waals surface area contributed by atoms with Crippen LogP contribution in [0.4, 0.5) is 13.2 Å². The number of oxime groups is 1. The third-order valence-corrected chi connectivity index (χ3v) is 4.85. The Hall–Kier alpha value is -3.82. The second kappa shape index (κ2) is 10.2. The van der Waals surface area contributed by atoms with Crippen molar-refractivity contribution in [2.24, 2.45) is 10.9 Å². The molecule has 0 aliphatic rings. The largest absolute Gasteiger partial charge is 0.489 e. The number of ether oxygens (including phenoxy) is 1. The number of Topliss-reactive ketones (excluding diaryl/α,β-unsaturated/α-hetero) is 1. The van der Waals surface area contributed by atoms with E-state index < -0.39 is 25.1 Å². The quantitative estimate of drug-likeness (QED) is 0.224. The van der Waals surface area contributed by atoms with Crippen LogP contribution in [0.25, 0.3) is 0 Å². The highest BCUT2D eigenvalue weighted by atomic mass is 19.4. The van der Waals surface area contributed by atoms with Crippen molar-refractivity contribution in [3.05, 3.63) is 82.9 Å². The summed E-state index contributed by atoms with van der Waals surface area (Å²) < 4.78 is 44.9. The normalized spacial score (nSPS) is 12.0. The Morgan fingerprint density at radius 3 is 2.55 bits per heavy atom. The van der Waals surface area contributed by atoms with Crippen LogP contribution < -0.4 is 10.5 Å². The Morgan fingerprint density at radius 2 is 1.91 bits per heavy atom. The SMILES string of the molecule is Cc1cc(C(=O)CO/N=C(/N)c2ccc(OCc3cccnc3)cc2)c(C)n1CC(F)(F)F. The van der Waals surface area contributed by atoms with Gasteiger partial charge in [-0.1, -0.05) is 11.2 Å². The van der Waals surface area contributed by atoms with E-state index in [0.717, 1.165) is 10.1 Å². The van der Waals surface area contributed by atoms with Crippen LogP contribution in [0, 0.1) is 13.8 Å². The van der Waals surface area contributed by atoms with Crippen molar-refractivity contribution in [1.82, 2.24) is 9.55 Å². The molecule has 0 unspecified atom stereocenters. The molecule has 2 aromatic heterocycles. The number of hydrogen-bond acceptors (Lipinski definition) is 5. The molecule has 0 aliphatic carbocycles. The number of rotatable bonds is 9. The standard InChI is InChI=1S/C23H23F3N4O3/c1-15-10-20(16(2)30(15)14-23(24,25)26)21(31)13-33-29-22(27)18-5-7-19(8-6-18)32-12-17-4-3-9-28-11-17/h3-11H,12-14H2,1-2H3,(H2,27,29). The second-order valence-electron chi connectivity index (χ2n) is 7.33. The molecule has 2 heterocycles. The van der Waals surface area contributed by atoms with Crippen molar-refractivity contribution in [3.8, 4) is 5.75 Å². The topological polar surface area (TPSA) is 91.7 Å². The summed E-state index contributed by atoms with van der Waals surface area (Å²) in [5, 5.41) is 3.74. The first kappa shape index (κ1) is 23.8. The summed E-state index contributed by atoms with van der Waals surface area (Å²) in [7, 11) is 0. The van der Waals surface area contributed by atoms with Gasteiger partial charge in [0.25, 0.3) is 0 Å². The van der Waals surface area contributed by atoms with E-state index in [1.807, 2.05) is 12.1 Å². The van der Waals surface area contributed by atoms with Crippen LogP contribution in [0.5, 0.6) is 5.75 Å². The number of carbonyl (C=O) groups excluding carboxylic acids is 1. The maximum absolute atomic E-state index is 12.7. The molecule has 0 bridgehead atoms. The molecule has 33 heavy (non-hydrogen) atoms. The predicted octanol–water partition coefficient (Wildman–Crippen LogP) is 4.16. The highest BCUT2D eigenvalue weighted by Gasteiger charge is 2.30. The number of nitrogens with zero attached hydrogens (tertiary/aromatic N) is 3. The number of amidine groups is 1. The van der Waals surface area contributed by atoms with Gasteiger partial charge in [0.1, 0.15) is 18.9 Å². The van der Waals surface area contributed by atoms with Gasteiger partial charge in [0.2, 0.25) is 5.78 Å². The fourth-order valence-electron chi connectivity index (χ4n) is 3.17. The van der Waals surface area contributed by atoms with E-state index in [4.69, 9.17) is 15.3 Å². The summed E-state index contributed by atoms with van der Waals surface area (Å²) >= 11 is 0. The van der Waals surface area contributed by atoms with E-state index in [1.54, 1.807) is 36.7 Å². The lowest BCUT2D eigenvalue weighted by molar-refractivity contribution is -0.141. The van der Waals surface area contributed by atoms with Crippen molar-refractivity contribution in [1.29, 1.82) is 0 Å². The van der Waals surface area contributed by atoms with Gasteiger partial charge in [-0.3, -0.25) is 9.78 Å². The molecular weight excluding hydrogens is 437 g/mol. The zero-order valence-electron chi connectivity index (χ0n) is 18.1. The average molecular weight is 460 g/mol. The van der Waals surface area contributed by atoms with Crippen molar-refractivity contribution in [2.45, 2.75) is 33.2 Å². The molecule has 0 saturated carbocycles. The molecule has 174 valence electrons. The van der Waals surface area contributed by atoms with Gasteiger partial charge in [0.05, 0.1) is 0 Å². The van der Waals surface area contributed by atoms with Crippen LogP contribution in [-0.2, 0) is 18.0 Å². The Labute approximate surface area is 188 Å². The zero-order valence-corrected chi connectivity index (χ0v) is 18.1. The van der Waals surface area contributed by atoms with Gasteiger partial charge in [-0.2, -0.15) is 13.2 Å². The van der Waals surface area contributed by atoms with Gasteiger partial charge < -0.3 is 19.9 Å². The molecule has 0 spiro atoms. The summed E-state index contributed by atoms with van der Waals surface area (Å²) in [5.74, 6) is 0.178. The molecule has 10 heteroatoms. The number of alkyl halides is 3. The highest BCUT2D eigenvalue weighted by molar-refractivity contribution is 5.99. The van der Waals surface area contributed by atoms with E-state index in [2.05, 4.69) is 10.1 Å². The summed E-state index contributed by atoms with van der Waals surface area (Å²) in [6.45, 7) is 1.72. The lowest BCUT2D eigenvalue weighted by Gasteiger charge is -2.12. The number of ketones is 1. The van der Waals surface area contributed by atoms with Crippen molar-refractivity contribution >= 4 is 11.6 Å². The van der Waals surface area contributed by atoms with Gasteiger partial charge in [-0.25, -0.2) is 0 Å². The first-order valence-corrected chi connectivity index (χ1v) is 9.98. The number of pyridine rings is 1. The molecule has 2 N–H and O–H groups in total. The van der Waals surface area contributed by atoms with E-state index in [9.17, 15) is 18.0 Å². The number of aryl methyl sites for hydroxylation is 1. The van der Waals surface area contributed by atoms with E-state index >= 15 is 0 Å². The number of nitrogens with two attached hydrogens (primary N) is 1. The zero-order chi connectivity index (χ0) is 24.0. The van der Waals surface area contributed by atoms with E-state index in [-0.39, 0.29) is 17.1 Å². The predicted molar refractivity (Wildman–Crippen MR) is 116 cm³/mol. The average Bonchev–Trinajstić information content (AvgIpc) is 3.05. The monoisotopic (exact) mass is 460 g/mol. The van der Waals surface area contributed by atoms with Gasteiger partial charge in [-0.05, 0) is 50.2 Å². The van der Waals surface area contributed by atoms with Crippen LogP contribution in [0.2, 0.25) is 0 Å². The second-order valence-corrected chi connectivity index (χ2v) is 7.33. The number of halogens is 3. The Balaban J connectivity index is 1.56.